The van der Waals surface area contributed by atoms with Crippen LogP contribution in [0.1, 0.15) is 26.0 Å². The summed E-state index contributed by atoms with van der Waals surface area (Å²) in [5.41, 5.74) is 0.651. The lowest BCUT2D eigenvalue weighted by Gasteiger charge is -2.09. The van der Waals surface area contributed by atoms with Crippen molar-refractivity contribution in [3.05, 3.63) is 22.1 Å². The van der Waals surface area contributed by atoms with Crippen molar-refractivity contribution in [2.24, 2.45) is 0 Å². The minimum Gasteiger partial charge on any atom is -0.390 e. The molecule has 0 saturated carbocycles. The van der Waals surface area contributed by atoms with Crippen molar-refractivity contribution in [2.45, 2.75) is 37.9 Å². The summed E-state index contributed by atoms with van der Waals surface area (Å²) in [5.74, 6) is 0.457. The van der Waals surface area contributed by atoms with Gasteiger partial charge in [0.05, 0.1) is 12.7 Å². The first-order valence-corrected chi connectivity index (χ1v) is 7.13. The molecule has 0 aliphatic rings. The van der Waals surface area contributed by atoms with Crippen LogP contribution in [0.3, 0.4) is 0 Å². The van der Waals surface area contributed by atoms with Gasteiger partial charge >= 0.3 is 0 Å². The van der Waals surface area contributed by atoms with Gasteiger partial charge in [0.2, 0.25) is 0 Å². The third kappa shape index (κ3) is 5.66. The van der Waals surface area contributed by atoms with Gasteiger partial charge in [0.1, 0.15) is 0 Å². The van der Waals surface area contributed by atoms with E-state index in [2.05, 4.69) is 9.97 Å². The summed E-state index contributed by atoms with van der Waals surface area (Å²) in [5, 5.41) is 10.2. The van der Waals surface area contributed by atoms with Crippen LogP contribution in [-0.2, 0) is 11.2 Å². The van der Waals surface area contributed by atoms with Crippen LogP contribution in [0.5, 0.6) is 0 Å². The highest BCUT2D eigenvalue weighted by atomic mass is 32.2. The molecule has 0 aliphatic heterocycles. The van der Waals surface area contributed by atoms with Crippen LogP contribution in [-0.4, -0.2) is 40.1 Å². The van der Waals surface area contributed by atoms with E-state index < -0.39 is 6.10 Å². The van der Waals surface area contributed by atoms with Gasteiger partial charge in [-0.05, 0) is 13.3 Å². The number of nitrogens with zero attached hydrogens (tertiary/aromatic N) is 1. The first-order valence-electron chi connectivity index (χ1n) is 6.14. The van der Waals surface area contributed by atoms with E-state index in [1.54, 1.807) is 0 Å². The number of aliphatic hydroxyl groups is 1. The Morgan fingerprint density at radius 3 is 3.00 bits per heavy atom. The molecule has 0 bridgehead atoms. The van der Waals surface area contributed by atoms with Crippen LogP contribution in [0.15, 0.2) is 16.0 Å². The van der Waals surface area contributed by atoms with Gasteiger partial charge in [-0.25, -0.2) is 4.98 Å². The molecule has 0 radical (unpaired) electrons. The minimum atomic E-state index is -0.546. The van der Waals surface area contributed by atoms with Crippen molar-refractivity contribution in [2.75, 3.05) is 19.0 Å². The zero-order valence-corrected chi connectivity index (χ0v) is 11.6. The second-order valence-electron chi connectivity index (χ2n) is 3.92. The number of aryl methyl sites for hydroxylation is 1. The molecule has 18 heavy (non-hydrogen) atoms. The molecule has 0 saturated heterocycles. The first kappa shape index (κ1) is 15.2. The molecule has 0 fully saturated rings. The fourth-order valence-corrected chi connectivity index (χ4v) is 2.21. The number of H-pyrrole nitrogens is 1. The fraction of sp³-hybridized carbons (Fsp3) is 0.667. The molecule has 102 valence electrons. The van der Waals surface area contributed by atoms with Crippen LogP contribution in [0.2, 0.25) is 0 Å². The summed E-state index contributed by atoms with van der Waals surface area (Å²) >= 11 is 1.34. The first-order chi connectivity index (χ1) is 8.65. The van der Waals surface area contributed by atoms with Crippen LogP contribution >= 0.6 is 11.8 Å². The van der Waals surface area contributed by atoms with Gasteiger partial charge in [-0.2, -0.15) is 0 Å². The van der Waals surface area contributed by atoms with E-state index in [9.17, 15) is 9.90 Å². The summed E-state index contributed by atoms with van der Waals surface area (Å²) in [6.07, 6.45) is 1.20. The average Bonchev–Trinajstić information content (AvgIpc) is 2.33. The van der Waals surface area contributed by atoms with Crippen molar-refractivity contribution in [3.63, 3.8) is 0 Å². The molecule has 5 nitrogen and oxygen atoms in total. The quantitative estimate of drug-likeness (QED) is 0.549. The predicted octanol–water partition coefficient (Wildman–Crippen LogP) is 1.21. The monoisotopic (exact) mass is 272 g/mol. The molecule has 6 heteroatoms. The van der Waals surface area contributed by atoms with Gasteiger partial charge in [-0.15, -0.1) is 0 Å². The van der Waals surface area contributed by atoms with E-state index in [-0.39, 0.29) is 5.56 Å². The number of aliphatic hydroxyl groups excluding tert-OH is 1. The lowest BCUT2D eigenvalue weighted by molar-refractivity contribution is 0.0551. The number of hydrogen-bond acceptors (Lipinski definition) is 5. The highest BCUT2D eigenvalue weighted by molar-refractivity contribution is 7.99. The van der Waals surface area contributed by atoms with E-state index in [4.69, 9.17) is 4.74 Å². The van der Waals surface area contributed by atoms with Crippen molar-refractivity contribution < 1.29 is 9.84 Å². The van der Waals surface area contributed by atoms with Crippen molar-refractivity contribution >= 4 is 11.8 Å². The summed E-state index contributed by atoms with van der Waals surface area (Å²) in [6, 6.07) is 1.52. The molecule has 1 unspecified atom stereocenters. The van der Waals surface area contributed by atoms with Gasteiger partial charge in [-0.3, -0.25) is 4.79 Å². The van der Waals surface area contributed by atoms with Crippen molar-refractivity contribution in [1.29, 1.82) is 0 Å². The predicted molar refractivity (Wildman–Crippen MR) is 72.1 cm³/mol. The Labute approximate surface area is 111 Å². The standard InChI is InChI=1S/C12H20N2O3S/c1-3-5-9-6-11(16)14-12(13-9)18-8-10(15)7-17-4-2/h6,10,15H,3-5,7-8H2,1-2H3,(H,13,14,16). The normalized spacial score (nSPS) is 12.6. The second-order valence-corrected chi connectivity index (χ2v) is 4.92. The van der Waals surface area contributed by atoms with E-state index in [0.29, 0.717) is 24.1 Å². The molecule has 0 aromatic carbocycles. The van der Waals surface area contributed by atoms with Gasteiger partial charge in [-0.1, -0.05) is 25.1 Å². The molecule has 0 spiro atoms. The lowest BCUT2D eigenvalue weighted by atomic mass is 10.2. The third-order valence-electron chi connectivity index (χ3n) is 2.21. The van der Waals surface area contributed by atoms with Crippen LogP contribution in [0, 0.1) is 0 Å². The van der Waals surface area contributed by atoms with Crippen LogP contribution in [0.4, 0.5) is 0 Å². The van der Waals surface area contributed by atoms with E-state index in [1.165, 1.54) is 17.8 Å². The topological polar surface area (TPSA) is 75.2 Å². The SMILES string of the molecule is CCCc1cc(=O)[nH]c(SCC(O)COCC)n1. The molecular weight excluding hydrogens is 252 g/mol. The number of aromatic nitrogens is 2. The molecule has 1 aromatic rings. The number of hydrogen-bond donors (Lipinski definition) is 2. The Kier molecular flexibility index (Phi) is 7.00. The Bertz CT molecular complexity index is 409. The number of thioether (sulfide) groups is 1. The van der Waals surface area contributed by atoms with Gasteiger partial charge in [0.25, 0.3) is 5.56 Å². The maximum Gasteiger partial charge on any atom is 0.251 e. The summed E-state index contributed by atoms with van der Waals surface area (Å²) in [6.45, 7) is 4.82. The van der Waals surface area contributed by atoms with Gasteiger partial charge in [0.15, 0.2) is 5.16 Å². The largest absolute Gasteiger partial charge is 0.390 e. The van der Waals surface area contributed by atoms with E-state index in [0.717, 1.165) is 18.5 Å². The highest BCUT2D eigenvalue weighted by Crippen LogP contribution is 2.13. The van der Waals surface area contributed by atoms with E-state index >= 15 is 0 Å². The minimum absolute atomic E-state index is 0.143. The van der Waals surface area contributed by atoms with Crippen LogP contribution in [0.25, 0.3) is 0 Å². The molecule has 0 amide bonds. The number of aromatic amines is 1. The maximum absolute atomic E-state index is 11.4. The Morgan fingerprint density at radius 1 is 1.56 bits per heavy atom. The van der Waals surface area contributed by atoms with E-state index in [1.807, 2.05) is 13.8 Å². The average molecular weight is 272 g/mol. The zero-order valence-electron chi connectivity index (χ0n) is 10.8. The second kappa shape index (κ2) is 8.29. The summed E-state index contributed by atoms with van der Waals surface area (Å²) in [7, 11) is 0. The van der Waals surface area contributed by atoms with Gasteiger partial charge < -0.3 is 14.8 Å². The third-order valence-corrected chi connectivity index (χ3v) is 3.22. The smallest absolute Gasteiger partial charge is 0.251 e. The number of ether oxygens (including phenoxy) is 1. The molecule has 1 heterocycles. The Morgan fingerprint density at radius 2 is 2.33 bits per heavy atom. The molecule has 1 aromatic heterocycles. The van der Waals surface area contributed by atoms with Crippen LogP contribution < -0.4 is 5.56 Å². The van der Waals surface area contributed by atoms with Crippen molar-refractivity contribution in [3.8, 4) is 0 Å². The fourth-order valence-electron chi connectivity index (χ4n) is 1.41. The summed E-state index contributed by atoms with van der Waals surface area (Å²) < 4.78 is 5.11. The summed E-state index contributed by atoms with van der Waals surface area (Å²) in [4.78, 5) is 18.4. The molecule has 1 rings (SSSR count). The Balaban J connectivity index is 2.53. The Hall–Kier alpha value is -0.850. The molecular formula is C12H20N2O3S. The zero-order chi connectivity index (χ0) is 13.4. The molecule has 0 aliphatic carbocycles. The number of nitrogens with one attached hydrogen (secondary N) is 1. The highest BCUT2D eigenvalue weighted by Gasteiger charge is 2.07. The lowest BCUT2D eigenvalue weighted by Crippen LogP contribution is -2.19. The maximum atomic E-state index is 11.4. The number of rotatable bonds is 8. The van der Waals surface area contributed by atoms with Crippen molar-refractivity contribution in [1.82, 2.24) is 9.97 Å². The van der Waals surface area contributed by atoms with Gasteiger partial charge in [0, 0.05) is 24.1 Å². The molecule has 1 atom stereocenters. The molecule has 2 N–H and O–H groups in total.